The average molecular weight is 634 g/mol. The number of aliphatic carboxylic acids is 1. The molecule has 3 heterocycles. The van der Waals surface area contributed by atoms with Gasteiger partial charge in [0.25, 0.3) is 0 Å². The van der Waals surface area contributed by atoms with Crippen molar-refractivity contribution in [1.82, 2.24) is 9.88 Å². The van der Waals surface area contributed by atoms with E-state index in [4.69, 9.17) is 26.1 Å². The van der Waals surface area contributed by atoms with E-state index in [1.807, 2.05) is 0 Å². The van der Waals surface area contributed by atoms with Crippen molar-refractivity contribution in [2.24, 2.45) is 10.8 Å². The van der Waals surface area contributed by atoms with Gasteiger partial charge in [0.2, 0.25) is 0 Å². The van der Waals surface area contributed by atoms with E-state index >= 15 is 8.78 Å². The van der Waals surface area contributed by atoms with Gasteiger partial charge in [0, 0.05) is 25.2 Å². The van der Waals surface area contributed by atoms with Crippen LogP contribution in [-0.4, -0.2) is 59.8 Å². The number of pyridine rings is 1. The van der Waals surface area contributed by atoms with Gasteiger partial charge in [-0.1, -0.05) is 31.9 Å². The summed E-state index contributed by atoms with van der Waals surface area (Å²) in [6.07, 6.45) is 6.29. The van der Waals surface area contributed by atoms with E-state index in [9.17, 15) is 9.90 Å². The third kappa shape index (κ3) is 6.85. The molecule has 1 aromatic carbocycles. The van der Waals surface area contributed by atoms with E-state index in [1.165, 1.54) is 38.5 Å². The molecule has 1 atom stereocenters. The van der Waals surface area contributed by atoms with Gasteiger partial charge in [0.05, 0.1) is 29.7 Å². The number of anilines is 1. The van der Waals surface area contributed by atoms with Crippen molar-refractivity contribution in [2.45, 2.75) is 97.8 Å². The molecule has 1 aromatic heterocycles. The van der Waals surface area contributed by atoms with Crippen LogP contribution in [0, 0.1) is 22.5 Å². The lowest BCUT2D eigenvalue weighted by Gasteiger charge is -2.48. The summed E-state index contributed by atoms with van der Waals surface area (Å²) in [5.74, 6) is -3.38. The molecular weight excluding hydrogens is 588 g/mol. The molecule has 44 heavy (non-hydrogen) atoms. The molecule has 1 saturated carbocycles. The van der Waals surface area contributed by atoms with E-state index in [1.54, 1.807) is 20.8 Å². The number of piperidine rings is 2. The Morgan fingerprint density at radius 3 is 2.11 bits per heavy atom. The second-order valence-corrected chi connectivity index (χ2v) is 15.0. The molecule has 0 radical (unpaired) electrons. The van der Waals surface area contributed by atoms with E-state index in [2.05, 4.69) is 23.6 Å². The molecule has 0 bridgehead atoms. The molecule has 5 rings (SSSR count). The van der Waals surface area contributed by atoms with E-state index in [0.717, 1.165) is 38.8 Å². The number of methoxy groups -OCH3 is 1. The third-order valence-electron chi connectivity index (χ3n) is 9.82. The summed E-state index contributed by atoms with van der Waals surface area (Å²) >= 11 is 6.97. The highest BCUT2D eigenvalue weighted by molar-refractivity contribution is 6.31. The molecule has 10 heteroatoms. The molecule has 3 fully saturated rings. The Balaban J connectivity index is 1.72. The predicted molar refractivity (Wildman–Crippen MR) is 168 cm³/mol. The summed E-state index contributed by atoms with van der Waals surface area (Å²) < 4.78 is 41.8. The number of aromatic nitrogens is 1. The van der Waals surface area contributed by atoms with Crippen molar-refractivity contribution in [3.63, 3.8) is 0 Å². The molecule has 1 spiro atoms. The molecule has 1 N–H and O–H groups in total. The standard InChI is InChI=1S/C34H46ClF2N3O4/c1-32(2,3)44-29(31(41)42)26-27(40-16-10-33(4,5)11-17-40)25(21-18-22(36)28(43-6)23(37)19-21)24(38-30(26)35)20-39-14-12-34(13-15-39)8-7-9-34/h18-19,29H,7-17,20H2,1-6H3,(H,41,42)/t29-/m0/s1. The van der Waals surface area contributed by atoms with Crippen molar-refractivity contribution in [3.05, 3.63) is 40.2 Å². The van der Waals surface area contributed by atoms with Gasteiger partial charge in [-0.3, -0.25) is 4.90 Å². The number of carbonyl (C=O) groups is 1. The van der Waals surface area contributed by atoms with Crippen LogP contribution in [0.1, 0.15) is 96.9 Å². The first kappa shape index (κ1) is 32.9. The average Bonchev–Trinajstić information content (AvgIpc) is 2.90. The highest BCUT2D eigenvalue weighted by atomic mass is 35.5. The number of carboxylic acids is 1. The van der Waals surface area contributed by atoms with Gasteiger partial charge in [-0.15, -0.1) is 0 Å². The Labute approximate surface area is 264 Å². The number of hydrogen-bond donors (Lipinski definition) is 1. The van der Waals surface area contributed by atoms with Crippen LogP contribution in [0.5, 0.6) is 5.75 Å². The van der Waals surface area contributed by atoms with Gasteiger partial charge >= 0.3 is 5.97 Å². The molecule has 7 nitrogen and oxygen atoms in total. The van der Waals surface area contributed by atoms with Crippen LogP contribution in [0.15, 0.2) is 12.1 Å². The second kappa shape index (κ2) is 12.4. The maximum Gasteiger partial charge on any atom is 0.337 e. The van der Waals surface area contributed by atoms with Crippen LogP contribution in [0.25, 0.3) is 11.1 Å². The van der Waals surface area contributed by atoms with Crippen LogP contribution < -0.4 is 9.64 Å². The molecule has 2 saturated heterocycles. The number of likely N-dealkylation sites (tertiary alicyclic amines) is 1. The third-order valence-corrected chi connectivity index (χ3v) is 10.1. The van der Waals surface area contributed by atoms with Crippen molar-refractivity contribution in [3.8, 4) is 16.9 Å². The van der Waals surface area contributed by atoms with E-state index in [0.29, 0.717) is 42.0 Å². The van der Waals surface area contributed by atoms with Crippen molar-refractivity contribution >= 4 is 23.3 Å². The summed E-state index contributed by atoms with van der Waals surface area (Å²) in [7, 11) is 1.22. The van der Waals surface area contributed by atoms with Crippen molar-refractivity contribution in [2.75, 3.05) is 38.2 Å². The lowest BCUT2D eigenvalue weighted by atomic mass is 9.63. The van der Waals surface area contributed by atoms with Crippen LogP contribution in [0.4, 0.5) is 14.5 Å². The molecule has 0 amide bonds. The quantitative estimate of drug-likeness (QED) is 0.295. The fraction of sp³-hybridized carbons (Fsp3) is 0.647. The molecule has 3 aliphatic rings. The van der Waals surface area contributed by atoms with Crippen LogP contribution in [-0.2, 0) is 16.1 Å². The zero-order chi connectivity index (χ0) is 32.0. The lowest BCUT2D eigenvalue weighted by Crippen LogP contribution is -2.43. The van der Waals surface area contributed by atoms with Gasteiger partial charge in [-0.25, -0.2) is 18.6 Å². The highest BCUT2D eigenvalue weighted by Crippen LogP contribution is 2.50. The van der Waals surface area contributed by atoms with Gasteiger partial charge in [-0.05, 0) is 101 Å². The van der Waals surface area contributed by atoms with Crippen LogP contribution in [0.2, 0.25) is 5.15 Å². The molecule has 0 unspecified atom stereocenters. The fourth-order valence-electron chi connectivity index (χ4n) is 6.98. The molecule has 242 valence electrons. The zero-order valence-corrected chi connectivity index (χ0v) is 27.6. The maximum atomic E-state index is 15.3. The normalized spacial score (nSPS) is 20.8. The summed E-state index contributed by atoms with van der Waals surface area (Å²) in [6, 6.07) is 2.49. The summed E-state index contributed by atoms with van der Waals surface area (Å²) in [4.78, 5) is 22.1. The smallest absolute Gasteiger partial charge is 0.337 e. The van der Waals surface area contributed by atoms with Crippen LogP contribution >= 0.6 is 11.6 Å². The van der Waals surface area contributed by atoms with Crippen LogP contribution in [0.3, 0.4) is 0 Å². The first-order chi connectivity index (χ1) is 20.6. The number of hydrogen-bond acceptors (Lipinski definition) is 6. The van der Waals surface area contributed by atoms with E-state index < -0.39 is 35.1 Å². The predicted octanol–water partition coefficient (Wildman–Crippen LogP) is 8.02. The van der Waals surface area contributed by atoms with Gasteiger partial charge in [0.1, 0.15) is 5.15 Å². The number of carboxylic acid groups (broad SMARTS) is 1. The van der Waals surface area contributed by atoms with Gasteiger partial charge in [0.15, 0.2) is 23.5 Å². The Morgan fingerprint density at radius 2 is 1.64 bits per heavy atom. The van der Waals surface area contributed by atoms with E-state index in [-0.39, 0.29) is 21.7 Å². The first-order valence-corrected chi connectivity index (χ1v) is 16.1. The Hall–Kier alpha value is -2.49. The SMILES string of the molecule is COc1c(F)cc(-c2c(CN3CCC4(CCC4)CC3)nc(Cl)c([C@H](OC(C)(C)C)C(=O)O)c2N2CCC(C)(C)CC2)cc1F. The Morgan fingerprint density at radius 1 is 1.05 bits per heavy atom. The Bertz CT molecular complexity index is 1360. The summed E-state index contributed by atoms with van der Waals surface area (Å²) in [5.41, 5.74) is 1.74. The number of benzene rings is 1. The van der Waals surface area contributed by atoms with Gasteiger partial charge < -0.3 is 19.5 Å². The van der Waals surface area contributed by atoms with Gasteiger partial charge in [-0.2, -0.15) is 0 Å². The number of rotatable bonds is 8. The number of nitrogens with zero attached hydrogens (tertiary/aromatic N) is 3. The molecule has 2 aromatic rings. The molecular formula is C34H46ClF2N3O4. The minimum absolute atomic E-state index is 0.0298. The second-order valence-electron chi connectivity index (χ2n) is 14.7. The van der Waals surface area contributed by atoms with Crippen molar-refractivity contribution in [1.29, 1.82) is 0 Å². The largest absolute Gasteiger partial charge is 0.491 e. The summed E-state index contributed by atoms with van der Waals surface area (Å²) in [5, 5.41) is 10.5. The minimum Gasteiger partial charge on any atom is -0.491 e. The number of halogens is 3. The Kier molecular flexibility index (Phi) is 9.24. The zero-order valence-electron chi connectivity index (χ0n) is 26.9. The monoisotopic (exact) mass is 633 g/mol. The first-order valence-electron chi connectivity index (χ1n) is 15.8. The highest BCUT2D eigenvalue weighted by Gasteiger charge is 2.41. The summed E-state index contributed by atoms with van der Waals surface area (Å²) in [6.45, 7) is 13.2. The topological polar surface area (TPSA) is 75.1 Å². The van der Waals surface area contributed by atoms with Crippen molar-refractivity contribution < 1.29 is 28.2 Å². The number of ether oxygens (including phenoxy) is 2. The fourth-order valence-corrected chi connectivity index (χ4v) is 7.27. The lowest BCUT2D eigenvalue weighted by molar-refractivity contribution is -0.160. The minimum atomic E-state index is -1.45. The maximum absolute atomic E-state index is 15.3. The molecule has 2 aliphatic heterocycles. The molecule has 1 aliphatic carbocycles.